The molecule has 1 rings (SSSR count). The zero-order valence-electron chi connectivity index (χ0n) is 7.78. The van der Waals surface area contributed by atoms with Gasteiger partial charge in [-0.15, -0.1) is 0 Å². The molecule has 0 radical (unpaired) electrons. The molecule has 0 saturated heterocycles. The predicted molar refractivity (Wildman–Crippen MR) is 62.5 cm³/mol. The van der Waals surface area contributed by atoms with Crippen molar-refractivity contribution in [2.75, 3.05) is 7.11 Å². The number of benzene rings is 1. The van der Waals surface area contributed by atoms with E-state index in [1.54, 1.807) is 6.07 Å². The van der Waals surface area contributed by atoms with Gasteiger partial charge in [0.15, 0.2) is 0 Å². The molecule has 0 unspecified atom stereocenters. The minimum Gasteiger partial charge on any atom is -0.465 e. The number of methoxy groups -OCH3 is 1. The average molecular weight is 299 g/mol. The van der Waals surface area contributed by atoms with Crippen LogP contribution in [0, 0.1) is 11.3 Å². The Kier molecular flexibility index (Phi) is 4.28. The lowest BCUT2D eigenvalue weighted by atomic mass is 10.1. The molecule has 0 aliphatic heterocycles. The Hall–Kier alpha value is -0.660. The van der Waals surface area contributed by atoms with E-state index in [2.05, 4.69) is 4.74 Å². The van der Waals surface area contributed by atoms with Crippen molar-refractivity contribution in [2.24, 2.45) is 0 Å². The highest BCUT2D eigenvalue weighted by molar-refractivity contribution is 6.51. The molecule has 0 saturated carbocycles. The molecule has 0 heterocycles. The maximum absolute atomic E-state index is 11.4. The third-order valence-electron chi connectivity index (χ3n) is 1.76. The number of esters is 1. The molecule has 7 heteroatoms. The monoisotopic (exact) mass is 297 g/mol. The van der Waals surface area contributed by atoms with Crippen molar-refractivity contribution in [1.29, 1.82) is 5.26 Å². The van der Waals surface area contributed by atoms with Crippen LogP contribution in [-0.2, 0) is 4.74 Å². The summed E-state index contributed by atoms with van der Waals surface area (Å²) in [5.74, 6) is -0.775. The van der Waals surface area contributed by atoms with Crippen molar-refractivity contribution in [2.45, 2.75) is 0 Å². The summed E-state index contributed by atoms with van der Waals surface area (Å²) in [5, 5.41) is 8.22. The predicted octanol–water partition coefficient (Wildman–Crippen LogP) is 3.96. The Labute approximate surface area is 111 Å². The number of rotatable bonds is 1. The Bertz CT molecular complexity index is 478. The molecule has 0 aromatic heterocycles. The minimum absolute atomic E-state index is 0.0778. The molecule has 0 fully saturated rings. The molecule has 0 aliphatic rings. The summed E-state index contributed by atoms with van der Waals surface area (Å²) in [6.07, 6.45) is 0. The molecule has 3 nitrogen and oxygen atoms in total. The number of ether oxygens (including phenoxy) is 1. The number of halogens is 4. The Balaban J connectivity index is 3.68. The quantitative estimate of drug-likeness (QED) is 0.582. The Morgan fingerprint density at radius 2 is 1.56 bits per heavy atom. The average Bonchev–Trinajstić information content (AvgIpc) is 2.27. The number of nitriles is 1. The molecule has 0 bridgehead atoms. The summed E-state index contributed by atoms with van der Waals surface area (Å²) >= 11 is 23.1. The van der Waals surface area contributed by atoms with Crippen LogP contribution in [0.4, 0.5) is 0 Å². The van der Waals surface area contributed by atoms with E-state index in [9.17, 15) is 4.79 Å². The van der Waals surface area contributed by atoms with E-state index < -0.39 is 5.97 Å². The van der Waals surface area contributed by atoms with Gasteiger partial charge in [0, 0.05) is 0 Å². The first-order valence-electron chi connectivity index (χ1n) is 3.80. The highest BCUT2D eigenvalue weighted by Crippen LogP contribution is 2.40. The van der Waals surface area contributed by atoms with E-state index in [-0.39, 0.29) is 31.2 Å². The second kappa shape index (κ2) is 5.11. The lowest BCUT2D eigenvalue weighted by Crippen LogP contribution is -2.05. The van der Waals surface area contributed by atoms with Crippen LogP contribution in [0.25, 0.3) is 0 Å². The van der Waals surface area contributed by atoms with Gasteiger partial charge in [-0.05, 0) is 0 Å². The molecule has 16 heavy (non-hydrogen) atoms. The normalized spacial score (nSPS) is 9.75. The summed E-state index contributed by atoms with van der Waals surface area (Å²) < 4.78 is 4.47. The van der Waals surface area contributed by atoms with E-state index >= 15 is 0 Å². The van der Waals surface area contributed by atoms with Crippen molar-refractivity contribution < 1.29 is 9.53 Å². The van der Waals surface area contributed by atoms with Crippen molar-refractivity contribution in [3.63, 3.8) is 0 Å². The van der Waals surface area contributed by atoms with Crippen LogP contribution in [0.5, 0.6) is 0 Å². The molecule has 0 atom stereocenters. The van der Waals surface area contributed by atoms with E-state index in [1.165, 1.54) is 0 Å². The van der Waals surface area contributed by atoms with E-state index in [1.807, 2.05) is 0 Å². The fourth-order valence-electron chi connectivity index (χ4n) is 1.01. The third kappa shape index (κ3) is 2.07. The maximum atomic E-state index is 11.4. The van der Waals surface area contributed by atoms with Crippen molar-refractivity contribution in [3.8, 4) is 6.07 Å². The van der Waals surface area contributed by atoms with Gasteiger partial charge >= 0.3 is 5.97 Å². The first-order chi connectivity index (χ1) is 7.45. The van der Waals surface area contributed by atoms with E-state index in [0.717, 1.165) is 7.11 Å². The van der Waals surface area contributed by atoms with Crippen LogP contribution in [-0.4, -0.2) is 13.1 Å². The van der Waals surface area contributed by atoms with Crippen molar-refractivity contribution >= 4 is 52.4 Å². The Morgan fingerprint density at radius 3 is 1.88 bits per heavy atom. The van der Waals surface area contributed by atoms with Crippen LogP contribution in [0.2, 0.25) is 20.1 Å². The largest absolute Gasteiger partial charge is 0.465 e. The van der Waals surface area contributed by atoms with Crippen molar-refractivity contribution in [3.05, 3.63) is 31.2 Å². The lowest BCUT2D eigenvalue weighted by molar-refractivity contribution is 0.0601. The minimum atomic E-state index is -0.775. The van der Waals surface area contributed by atoms with Crippen molar-refractivity contribution in [1.82, 2.24) is 0 Å². The lowest BCUT2D eigenvalue weighted by Gasteiger charge is -2.09. The standard InChI is InChI=1S/C9H3Cl4NO2/c1-16-9(15)4-7(12)5(10)3(2-14)6(11)8(4)13/h1H3. The second-order valence-corrected chi connectivity index (χ2v) is 4.12. The summed E-state index contributed by atoms with van der Waals surface area (Å²) in [5.41, 5.74) is -0.231. The fourth-order valence-corrected chi connectivity index (χ4v) is 2.10. The number of carbonyl (C=O) groups excluding carboxylic acids is 1. The van der Waals surface area contributed by atoms with Gasteiger partial charge in [-0.25, -0.2) is 4.79 Å². The number of hydrogen-bond donors (Lipinski definition) is 0. The molecule has 0 N–H and O–H groups in total. The molecule has 0 spiro atoms. The molecule has 0 amide bonds. The van der Waals surface area contributed by atoms with Gasteiger partial charge in [0.25, 0.3) is 0 Å². The smallest absolute Gasteiger partial charge is 0.341 e. The zero-order valence-corrected chi connectivity index (χ0v) is 10.8. The first kappa shape index (κ1) is 13.4. The Morgan fingerprint density at radius 1 is 1.12 bits per heavy atom. The van der Waals surface area contributed by atoms with Gasteiger partial charge in [0.05, 0.1) is 38.3 Å². The third-order valence-corrected chi connectivity index (χ3v) is 3.47. The van der Waals surface area contributed by atoms with Crippen LogP contribution >= 0.6 is 46.4 Å². The molecule has 1 aromatic carbocycles. The van der Waals surface area contributed by atoms with Gasteiger partial charge in [-0.1, -0.05) is 46.4 Å². The van der Waals surface area contributed by atoms with Gasteiger partial charge in [-0.2, -0.15) is 5.26 Å². The summed E-state index contributed by atoms with van der Waals surface area (Å²) in [7, 11) is 1.16. The molecule has 0 aliphatic carbocycles. The molecular formula is C9H3Cl4NO2. The topological polar surface area (TPSA) is 50.1 Å². The van der Waals surface area contributed by atoms with Crippen LogP contribution in [0.1, 0.15) is 15.9 Å². The number of nitrogens with zero attached hydrogens (tertiary/aromatic N) is 1. The highest BCUT2D eigenvalue weighted by Gasteiger charge is 2.25. The summed E-state index contributed by atoms with van der Waals surface area (Å²) in [6, 6.07) is 1.74. The molecule has 84 valence electrons. The molecule has 1 aromatic rings. The van der Waals surface area contributed by atoms with Crippen LogP contribution in [0.15, 0.2) is 0 Å². The van der Waals surface area contributed by atoms with Gasteiger partial charge in [0.2, 0.25) is 0 Å². The summed E-state index contributed by atoms with van der Waals surface area (Å²) in [6.45, 7) is 0. The van der Waals surface area contributed by atoms with Crippen LogP contribution in [0.3, 0.4) is 0 Å². The maximum Gasteiger partial charge on any atom is 0.341 e. The fraction of sp³-hybridized carbons (Fsp3) is 0.111. The number of carbonyl (C=O) groups is 1. The zero-order chi connectivity index (χ0) is 12.5. The summed E-state index contributed by atoms with van der Waals surface area (Å²) in [4.78, 5) is 11.4. The molecular weight excluding hydrogens is 296 g/mol. The highest BCUT2D eigenvalue weighted by atomic mass is 35.5. The van der Waals surface area contributed by atoms with Gasteiger partial charge < -0.3 is 4.74 Å². The van der Waals surface area contributed by atoms with E-state index in [4.69, 9.17) is 51.7 Å². The first-order valence-corrected chi connectivity index (χ1v) is 5.31. The van der Waals surface area contributed by atoms with E-state index in [0.29, 0.717) is 0 Å². The SMILES string of the molecule is COC(=O)c1c(Cl)c(Cl)c(C#N)c(Cl)c1Cl. The van der Waals surface area contributed by atoms with Gasteiger partial charge in [-0.3, -0.25) is 0 Å². The van der Waals surface area contributed by atoms with Gasteiger partial charge in [0.1, 0.15) is 6.07 Å². The van der Waals surface area contributed by atoms with Crippen LogP contribution < -0.4 is 0 Å². The number of hydrogen-bond acceptors (Lipinski definition) is 3. The second-order valence-electron chi connectivity index (χ2n) is 2.61.